The Balaban J connectivity index is 1.48. The van der Waals surface area contributed by atoms with Crippen LogP contribution in [0.5, 0.6) is 0 Å². The van der Waals surface area contributed by atoms with Crippen molar-refractivity contribution in [2.75, 3.05) is 45.8 Å². The fourth-order valence-corrected chi connectivity index (χ4v) is 4.12. The number of carbonyl (C=O) groups is 1. The lowest BCUT2D eigenvalue weighted by Crippen LogP contribution is -2.53. The first kappa shape index (κ1) is 17.4. The van der Waals surface area contributed by atoms with Gasteiger partial charge in [0.25, 0.3) is 0 Å². The number of rotatable bonds is 4. The van der Waals surface area contributed by atoms with Gasteiger partial charge in [-0.2, -0.15) is 0 Å². The third-order valence-electron chi connectivity index (χ3n) is 5.71. The molecule has 132 valence electrons. The SMILES string of the molecule is CC(=O)N1CCN([C@@H]2CN(CCc3ccc(C)cc3)C[C@@H]2C)CC1. The molecule has 0 unspecified atom stereocenters. The lowest BCUT2D eigenvalue weighted by molar-refractivity contribution is -0.130. The predicted molar refractivity (Wildman–Crippen MR) is 98.1 cm³/mol. The van der Waals surface area contributed by atoms with Crippen LogP contribution in [0.2, 0.25) is 0 Å². The number of benzene rings is 1. The van der Waals surface area contributed by atoms with E-state index >= 15 is 0 Å². The monoisotopic (exact) mass is 329 g/mol. The van der Waals surface area contributed by atoms with Gasteiger partial charge in [0, 0.05) is 58.8 Å². The summed E-state index contributed by atoms with van der Waals surface area (Å²) in [6.45, 7) is 13.6. The molecule has 0 bridgehead atoms. The normalized spacial score (nSPS) is 26.0. The summed E-state index contributed by atoms with van der Waals surface area (Å²) < 4.78 is 0. The zero-order chi connectivity index (χ0) is 17.1. The van der Waals surface area contributed by atoms with Crippen molar-refractivity contribution in [1.29, 1.82) is 0 Å². The van der Waals surface area contributed by atoms with Crippen LogP contribution in [-0.4, -0.2) is 72.5 Å². The van der Waals surface area contributed by atoms with Gasteiger partial charge in [0.05, 0.1) is 0 Å². The smallest absolute Gasteiger partial charge is 0.219 e. The van der Waals surface area contributed by atoms with Crippen LogP contribution < -0.4 is 0 Å². The van der Waals surface area contributed by atoms with Gasteiger partial charge >= 0.3 is 0 Å². The van der Waals surface area contributed by atoms with Crippen LogP contribution in [0.3, 0.4) is 0 Å². The molecule has 1 aromatic carbocycles. The summed E-state index contributed by atoms with van der Waals surface area (Å²) in [5.41, 5.74) is 2.77. The van der Waals surface area contributed by atoms with Crippen molar-refractivity contribution in [3.8, 4) is 0 Å². The van der Waals surface area contributed by atoms with Gasteiger partial charge in [-0.25, -0.2) is 0 Å². The molecule has 2 aliphatic heterocycles. The molecule has 0 radical (unpaired) electrons. The largest absolute Gasteiger partial charge is 0.340 e. The maximum absolute atomic E-state index is 11.5. The van der Waals surface area contributed by atoms with E-state index in [1.54, 1.807) is 6.92 Å². The van der Waals surface area contributed by atoms with Crippen LogP contribution in [0.15, 0.2) is 24.3 Å². The number of piperazine rings is 1. The average Bonchev–Trinajstić information content (AvgIpc) is 2.95. The molecule has 0 aromatic heterocycles. The second-order valence-corrected chi connectivity index (χ2v) is 7.58. The maximum Gasteiger partial charge on any atom is 0.219 e. The molecule has 0 aliphatic carbocycles. The molecule has 2 fully saturated rings. The first-order valence-electron chi connectivity index (χ1n) is 9.30. The van der Waals surface area contributed by atoms with Crippen molar-refractivity contribution < 1.29 is 4.79 Å². The van der Waals surface area contributed by atoms with E-state index in [9.17, 15) is 4.79 Å². The first-order chi connectivity index (χ1) is 11.5. The number of likely N-dealkylation sites (tertiary alicyclic amines) is 1. The van der Waals surface area contributed by atoms with Crippen LogP contribution in [-0.2, 0) is 11.2 Å². The zero-order valence-corrected chi connectivity index (χ0v) is 15.4. The van der Waals surface area contributed by atoms with Crippen molar-refractivity contribution in [3.63, 3.8) is 0 Å². The molecule has 2 saturated heterocycles. The Morgan fingerprint density at radius 3 is 2.38 bits per heavy atom. The first-order valence-corrected chi connectivity index (χ1v) is 9.30. The van der Waals surface area contributed by atoms with Crippen molar-refractivity contribution in [2.24, 2.45) is 5.92 Å². The van der Waals surface area contributed by atoms with E-state index in [1.807, 2.05) is 4.90 Å². The number of amides is 1. The molecule has 1 amide bonds. The summed E-state index contributed by atoms with van der Waals surface area (Å²) in [5.74, 6) is 0.931. The van der Waals surface area contributed by atoms with Crippen molar-refractivity contribution in [2.45, 2.75) is 33.2 Å². The quantitative estimate of drug-likeness (QED) is 0.846. The molecule has 0 saturated carbocycles. The van der Waals surface area contributed by atoms with Gasteiger partial charge < -0.3 is 9.80 Å². The summed E-state index contributed by atoms with van der Waals surface area (Å²) in [5, 5.41) is 0. The molecular formula is C20H31N3O. The minimum Gasteiger partial charge on any atom is -0.340 e. The van der Waals surface area contributed by atoms with E-state index in [4.69, 9.17) is 0 Å². The lowest BCUT2D eigenvalue weighted by atomic mass is 10.0. The Kier molecular flexibility index (Phi) is 5.57. The van der Waals surface area contributed by atoms with Crippen LogP contribution in [0.25, 0.3) is 0 Å². The third-order valence-corrected chi connectivity index (χ3v) is 5.71. The van der Waals surface area contributed by atoms with Gasteiger partial charge in [0.15, 0.2) is 0 Å². The van der Waals surface area contributed by atoms with Crippen LogP contribution in [0, 0.1) is 12.8 Å². The molecule has 2 atom stereocenters. The molecule has 0 N–H and O–H groups in total. The highest BCUT2D eigenvalue weighted by atomic mass is 16.2. The molecule has 1 aromatic rings. The Morgan fingerprint density at radius 1 is 1.08 bits per heavy atom. The highest BCUT2D eigenvalue weighted by Crippen LogP contribution is 2.23. The molecule has 2 aliphatic rings. The van der Waals surface area contributed by atoms with Crippen LogP contribution >= 0.6 is 0 Å². The van der Waals surface area contributed by atoms with Gasteiger partial charge in [-0.05, 0) is 24.8 Å². The van der Waals surface area contributed by atoms with E-state index in [2.05, 4.69) is 47.9 Å². The van der Waals surface area contributed by atoms with Crippen molar-refractivity contribution >= 4 is 5.91 Å². The molecule has 3 rings (SSSR count). The Hall–Kier alpha value is -1.39. The van der Waals surface area contributed by atoms with E-state index < -0.39 is 0 Å². The van der Waals surface area contributed by atoms with Gasteiger partial charge in [0.1, 0.15) is 0 Å². The minimum atomic E-state index is 0.217. The number of nitrogens with zero attached hydrogens (tertiary/aromatic N) is 3. The summed E-state index contributed by atoms with van der Waals surface area (Å²) >= 11 is 0. The topological polar surface area (TPSA) is 26.8 Å². The Morgan fingerprint density at radius 2 is 1.75 bits per heavy atom. The molecule has 2 heterocycles. The molecule has 4 nitrogen and oxygen atoms in total. The highest BCUT2D eigenvalue weighted by Gasteiger charge is 2.35. The number of aryl methyl sites for hydroxylation is 1. The van der Waals surface area contributed by atoms with Crippen LogP contribution in [0.4, 0.5) is 0 Å². The van der Waals surface area contributed by atoms with Gasteiger partial charge in [0.2, 0.25) is 5.91 Å². The van der Waals surface area contributed by atoms with Gasteiger partial charge in [-0.1, -0.05) is 36.8 Å². The predicted octanol–water partition coefficient (Wildman–Crippen LogP) is 2.02. The van der Waals surface area contributed by atoms with E-state index in [0.717, 1.165) is 39.1 Å². The minimum absolute atomic E-state index is 0.217. The summed E-state index contributed by atoms with van der Waals surface area (Å²) in [7, 11) is 0. The lowest BCUT2D eigenvalue weighted by Gasteiger charge is -2.39. The molecule has 0 spiro atoms. The summed E-state index contributed by atoms with van der Waals surface area (Å²) in [6, 6.07) is 9.58. The summed E-state index contributed by atoms with van der Waals surface area (Å²) in [4.78, 5) is 18.7. The standard InChI is InChI=1S/C20H31N3O/c1-16-4-6-19(7-5-16)8-9-21-14-17(2)20(15-21)23-12-10-22(11-13-23)18(3)24/h4-7,17,20H,8-15H2,1-3H3/t17-,20+/m0/s1. The van der Waals surface area contributed by atoms with Gasteiger partial charge in [-0.3, -0.25) is 9.69 Å². The zero-order valence-electron chi connectivity index (χ0n) is 15.4. The second-order valence-electron chi connectivity index (χ2n) is 7.58. The Bertz CT molecular complexity index is 549. The number of hydrogen-bond acceptors (Lipinski definition) is 3. The summed E-state index contributed by atoms with van der Waals surface area (Å²) in [6.07, 6.45) is 1.14. The molecule has 24 heavy (non-hydrogen) atoms. The highest BCUT2D eigenvalue weighted by molar-refractivity contribution is 5.73. The van der Waals surface area contributed by atoms with E-state index in [1.165, 1.54) is 24.2 Å². The number of hydrogen-bond donors (Lipinski definition) is 0. The fraction of sp³-hybridized carbons (Fsp3) is 0.650. The number of carbonyl (C=O) groups excluding carboxylic acids is 1. The van der Waals surface area contributed by atoms with Gasteiger partial charge in [-0.15, -0.1) is 0 Å². The van der Waals surface area contributed by atoms with E-state index in [-0.39, 0.29) is 5.91 Å². The second kappa shape index (κ2) is 7.66. The third kappa shape index (κ3) is 4.17. The Labute approximate surface area is 146 Å². The molecule has 4 heteroatoms. The van der Waals surface area contributed by atoms with Crippen LogP contribution in [0.1, 0.15) is 25.0 Å². The molecular weight excluding hydrogens is 298 g/mol. The fourth-order valence-electron chi connectivity index (χ4n) is 4.12. The average molecular weight is 329 g/mol. The van der Waals surface area contributed by atoms with Crippen molar-refractivity contribution in [3.05, 3.63) is 35.4 Å². The van der Waals surface area contributed by atoms with E-state index in [0.29, 0.717) is 12.0 Å². The maximum atomic E-state index is 11.5. The van der Waals surface area contributed by atoms with Crippen molar-refractivity contribution in [1.82, 2.24) is 14.7 Å².